The van der Waals surface area contributed by atoms with Crippen molar-refractivity contribution in [2.75, 3.05) is 0 Å². The highest BCUT2D eigenvalue weighted by Gasteiger charge is 2.33. The predicted octanol–water partition coefficient (Wildman–Crippen LogP) is 4.23. The first-order valence-electron chi connectivity index (χ1n) is 8.88. The molecule has 0 heterocycles. The lowest BCUT2D eigenvalue weighted by Gasteiger charge is -2.36. The summed E-state index contributed by atoms with van der Waals surface area (Å²) in [7, 11) is 0. The second kappa shape index (κ2) is 7.60. The van der Waals surface area contributed by atoms with Gasteiger partial charge in [-0.25, -0.2) is 4.39 Å². The molecule has 1 aromatic rings. The van der Waals surface area contributed by atoms with Gasteiger partial charge >= 0.3 is 5.97 Å². The largest absolute Gasteiger partial charge is 0.423 e. The average molecular weight is 338 g/mol. The maximum atomic E-state index is 13.6. The van der Waals surface area contributed by atoms with Gasteiger partial charge in [0.25, 0.3) is 0 Å². The Labute approximate surface area is 141 Å². The molecule has 0 radical (unpaired) electrons. The molecule has 132 valence electrons. The predicted molar refractivity (Wildman–Crippen MR) is 85.4 cm³/mol. The highest BCUT2D eigenvalue weighted by Crippen LogP contribution is 2.40. The van der Waals surface area contributed by atoms with Crippen molar-refractivity contribution in [3.05, 3.63) is 29.8 Å². The number of benzene rings is 1. The van der Waals surface area contributed by atoms with Gasteiger partial charge in [-0.05, 0) is 75.3 Å². The third kappa shape index (κ3) is 3.94. The number of carbonyl (C=O) groups is 1. The molecule has 0 aromatic heterocycles. The Morgan fingerprint density at radius 2 is 1.54 bits per heavy atom. The Hall–Kier alpha value is -1.49. The number of carbonyl (C=O) groups excluding carboxylic acids is 1. The zero-order valence-corrected chi connectivity index (χ0v) is 13.7. The van der Waals surface area contributed by atoms with Crippen molar-refractivity contribution in [3.63, 3.8) is 0 Å². The Morgan fingerprint density at radius 3 is 2.17 bits per heavy atom. The Morgan fingerprint density at radius 1 is 0.958 bits per heavy atom. The quantitative estimate of drug-likeness (QED) is 0.663. The number of ether oxygens (including phenoxy) is 1. The summed E-state index contributed by atoms with van der Waals surface area (Å²) in [6.07, 6.45) is 7.15. The maximum Gasteiger partial charge on any atom is 0.314 e. The molecule has 1 aromatic carbocycles. The number of hydrogen-bond donors (Lipinski definition) is 1. The lowest BCUT2D eigenvalue weighted by atomic mass is 9.70. The van der Waals surface area contributed by atoms with Gasteiger partial charge in [0.05, 0.1) is 12.0 Å². The van der Waals surface area contributed by atoms with E-state index >= 15 is 0 Å². The van der Waals surface area contributed by atoms with Crippen molar-refractivity contribution >= 4 is 5.97 Å². The third-order valence-electron chi connectivity index (χ3n) is 5.64. The number of hydrogen-bond acceptors (Lipinski definition) is 3. The molecular weight excluding hydrogens is 314 g/mol. The first-order valence-corrected chi connectivity index (χ1v) is 8.88. The van der Waals surface area contributed by atoms with Crippen LogP contribution in [0, 0.1) is 29.4 Å². The molecule has 0 saturated heterocycles. The molecule has 1 N–H and O–H groups in total. The third-order valence-corrected chi connectivity index (χ3v) is 5.64. The normalized spacial score (nSPS) is 30.8. The first kappa shape index (κ1) is 17.3. The summed E-state index contributed by atoms with van der Waals surface area (Å²) >= 11 is 0. The smallest absolute Gasteiger partial charge is 0.314 e. The van der Waals surface area contributed by atoms with E-state index in [1.54, 1.807) is 0 Å². The average Bonchev–Trinajstić information content (AvgIpc) is 2.60. The number of aliphatic hydroxyl groups is 1. The van der Waals surface area contributed by atoms with E-state index in [0.29, 0.717) is 11.8 Å². The van der Waals surface area contributed by atoms with E-state index < -0.39 is 17.6 Å². The van der Waals surface area contributed by atoms with Gasteiger partial charge < -0.3 is 9.84 Å². The summed E-state index contributed by atoms with van der Waals surface area (Å²) in [4.78, 5) is 12.2. The van der Waals surface area contributed by atoms with Crippen LogP contribution in [0.2, 0.25) is 0 Å². The molecule has 2 aliphatic rings. The molecule has 3 nitrogen and oxygen atoms in total. The van der Waals surface area contributed by atoms with Crippen LogP contribution in [0.25, 0.3) is 0 Å². The van der Waals surface area contributed by atoms with Gasteiger partial charge in [-0.1, -0.05) is 6.07 Å². The fraction of sp³-hybridized carbons (Fsp3) is 0.632. The Balaban J connectivity index is 1.51. The Bertz CT molecular complexity index is 574. The van der Waals surface area contributed by atoms with Crippen LogP contribution in [0.5, 0.6) is 5.75 Å². The lowest BCUT2D eigenvalue weighted by molar-refractivity contribution is -0.140. The summed E-state index contributed by atoms with van der Waals surface area (Å²) in [5, 5.41) is 9.60. The van der Waals surface area contributed by atoms with Crippen molar-refractivity contribution in [2.45, 2.75) is 57.5 Å². The number of halogens is 2. The molecule has 0 spiro atoms. The van der Waals surface area contributed by atoms with Gasteiger partial charge in [-0.3, -0.25) is 4.79 Å². The van der Waals surface area contributed by atoms with Gasteiger partial charge in [-0.15, -0.1) is 0 Å². The van der Waals surface area contributed by atoms with Crippen LogP contribution < -0.4 is 4.74 Å². The van der Waals surface area contributed by atoms with E-state index in [9.17, 15) is 18.7 Å². The summed E-state index contributed by atoms with van der Waals surface area (Å²) in [5.74, 6) is -1.90. The van der Waals surface area contributed by atoms with Crippen LogP contribution in [0.1, 0.15) is 51.4 Å². The molecule has 0 unspecified atom stereocenters. The van der Waals surface area contributed by atoms with Crippen molar-refractivity contribution in [1.29, 1.82) is 0 Å². The Kier molecular flexibility index (Phi) is 5.49. The molecule has 0 amide bonds. The minimum Gasteiger partial charge on any atom is -0.423 e. The molecule has 0 aliphatic heterocycles. The van der Waals surface area contributed by atoms with Gasteiger partial charge in [0.1, 0.15) is 0 Å². The summed E-state index contributed by atoms with van der Waals surface area (Å²) < 4.78 is 31.8. The molecule has 5 heteroatoms. The molecular formula is C19H24F2O3. The zero-order chi connectivity index (χ0) is 17.1. The fourth-order valence-corrected chi connectivity index (χ4v) is 4.15. The van der Waals surface area contributed by atoms with E-state index in [2.05, 4.69) is 0 Å². The van der Waals surface area contributed by atoms with Gasteiger partial charge in [-0.2, -0.15) is 4.39 Å². The van der Waals surface area contributed by atoms with Crippen LogP contribution >= 0.6 is 0 Å². The monoisotopic (exact) mass is 338 g/mol. The minimum atomic E-state index is -1.11. The molecule has 2 fully saturated rings. The van der Waals surface area contributed by atoms with Crippen molar-refractivity contribution in [1.82, 2.24) is 0 Å². The van der Waals surface area contributed by atoms with E-state index in [1.807, 2.05) is 0 Å². The lowest BCUT2D eigenvalue weighted by Crippen LogP contribution is -2.30. The van der Waals surface area contributed by atoms with E-state index in [4.69, 9.17) is 4.74 Å². The highest BCUT2D eigenvalue weighted by molar-refractivity contribution is 5.75. The molecule has 3 rings (SSSR count). The SMILES string of the molecule is O=C(Oc1cccc(F)c1F)C1CCC(C2CCC(O)CC2)CC1. The second-order valence-electron chi connectivity index (χ2n) is 7.15. The van der Waals surface area contributed by atoms with Gasteiger partial charge in [0.2, 0.25) is 5.82 Å². The summed E-state index contributed by atoms with van der Waals surface area (Å²) in [5.41, 5.74) is 0. The van der Waals surface area contributed by atoms with Crippen LogP contribution in [-0.4, -0.2) is 17.2 Å². The van der Waals surface area contributed by atoms with Crippen molar-refractivity contribution in [3.8, 4) is 5.75 Å². The van der Waals surface area contributed by atoms with Crippen LogP contribution in [0.4, 0.5) is 8.78 Å². The van der Waals surface area contributed by atoms with Crippen LogP contribution in [-0.2, 0) is 4.79 Å². The van der Waals surface area contributed by atoms with E-state index in [1.165, 1.54) is 12.1 Å². The summed E-state index contributed by atoms with van der Waals surface area (Å²) in [6, 6.07) is 3.60. The molecule has 0 atom stereocenters. The first-order chi connectivity index (χ1) is 11.5. The number of rotatable bonds is 3. The zero-order valence-electron chi connectivity index (χ0n) is 13.7. The highest BCUT2D eigenvalue weighted by atomic mass is 19.2. The van der Waals surface area contributed by atoms with Crippen molar-refractivity contribution in [2.24, 2.45) is 17.8 Å². The minimum absolute atomic E-state index is 0.145. The van der Waals surface area contributed by atoms with Crippen LogP contribution in [0.3, 0.4) is 0 Å². The van der Waals surface area contributed by atoms with Gasteiger partial charge in [0.15, 0.2) is 11.6 Å². The topological polar surface area (TPSA) is 46.5 Å². The van der Waals surface area contributed by atoms with Crippen LogP contribution in [0.15, 0.2) is 18.2 Å². The second-order valence-corrected chi connectivity index (χ2v) is 7.15. The van der Waals surface area contributed by atoms with E-state index in [0.717, 1.165) is 57.4 Å². The fourth-order valence-electron chi connectivity index (χ4n) is 4.15. The molecule has 2 aliphatic carbocycles. The number of esters is 1. The standard InChI is InChI=1S/C19H24F2O3/c20-16-2-1-3-17(18(16)21)24-19(23)14-6-4-12(5-7-14)13-8-10-15(22)11-9-13/h1-3,12-15,22H,4-11H2. The van der Waals surface area contributed by atoms with E-state index in [-0.39, 0.29) is 17.8 Å². The molecule has 24 heavy (non-hydrogen) atoms. The molecule has 2 saturated carbocycles. The van der Waals surface area contributed by atoms with Crippen molar-refractivity contribution < 1.29 is 23.4 Å². The van der Waals surface area contributed by atoms with Gasteiger partial charge in [0, 0.05) is 0 Å². The number of aliphatic hydroxyl groups excluding tert-OH is 1. The maximum absolute atomic E-state index is 13.6. The summed E-state index contributed by atoms with van der Waals surface area (Å²) in [6.45, 7) is 0. The molecule has 0 bridgehead atoms.